The zero-order valence-corrected chi connectivity index (χ0v) is 13.7. The molecule has 1 aromatic heterocycles. The molecule has 122 valence electrons. The van der Waals surface area contributed by atoms with E-state index in [9.17, 15) is 4.79 Å². The van der Waals surface area contributed by atoms with Gasteiger partial charge in [0.15, 0.2) is 5.96 Å². The Hall–Kier alpha value is -2.05. The molecule has 2 rings (SSSR count). The smallest absolute Gasteiger partial charge is 0.241 e. The Labute approximate surface area is 131 Å². The lowest BCUT2D eigenvalue weighted by Crippen LogP contribution is -2.46. The predicted octanol–water partition coefficient (Wildman–Crippen LogP) is 0.486. The van der Waals surface area contributed by atoms with Crippen LogP contribution in [0.15, 0.2) is 17.3 Å². The fourth-order valence-corrected chi connectivity index (χ4v) is 2.44. The van der Waals surface area contributed by atoms with Crippen LogP contribution in [0.4, 0.5) is 0 Å². The lowest BCUT2D eigenvalue weighted by molar-refractivity contribution is -0.127. The number of carbonyl (C=O) groups is 1. The number of hydrogen-bond donors (Lipinski definition) is 2. The molecule has 0 aromatic carbocycles. The topological polar surface area (TPSA) is 74.5 Å². The van der Waals surface area contributed by atoms with E-state index in [0.29, 0.717) is 18.5 Å². The molecule has 1 saturated carbocycles. The van der Waals surface area contributed by atoms with E-state index in [2.05, 4.69) is 20.7 Å². The van der Waals surface area contributed by atoms with E-state index in [-0.39, 0.29) is 12.5 Å². The van der Waals surface area contributed by atoms with Crippen LogP contribution in [0.5, 0.6) is 0 Å². The maximum atomic E-state index is 11.7. The average molecular weight is 306 g/mol. The van der Waals surface area contributed by atoms with E-state index < -0.39 is 0 Å². The van der Waals surface area contributed by atoms with Gasteiger partial charge in [-0.2, -0.15) is 5.10 Å². The van der Waals surface area contributed by atoms with Crippen LogP contribution in [0.3, 0.4) is 0 Å². The van der Waals surface area contributed by atoms with Crippen LogP contribution in [0.1, 0.15) is 31.4 Å². The van der Waals surface area contributed by atoms with E-state index in [4.69, 9.17) is 0 Å². The van der Waals surface area contributed by atoms with Gasteiger partial charge in [-0.05, 0) is 18.9 Å². The molecule has 0 aliphatic heterocycles. The van der Waals surface area contributed by atoms with E-state index in [0.717, 1.165) is 18.5 Å². The fourth-order valence-electron chi connectivity index (χ4n) is 2.44. The molecule has 7 heteroatoms. The number of aromatic nitrogens is 2. The highest BCUT2D eigenvalue weighted by Gasteiger charge is 2.16. The number of amides is 1. The highest BCUT2D eigenvalue weighted by Crippen LogP contribution is 2.17. The molecule has 1 aliphatic rings. The minimum atomic E-state index is 0.0266. The maximum Gasteiger partial charge on any atom is 0.241 e. The highest BCUT2D eigenvalue weighted by atomic mass is 16.2. The van der Waals surface area contributed by atoms with Gasteiger partial charge in [-0.1, -0.05) is 12.8 Å². The van der Waals surface area contributed by atoms with Crippen molar-refractivity contribution in [2.45, 2.75) is 38.3 Å². The van der Waals surface area contributed by atoms with Crippen LogP contribution in [-0.2, 0) is 18.4 Å². The van der Waals surface area contributed by atoms with Gasteiger partial charge in [0.1, 0.15) is 0 Å². The first kappa shape index (κ1) is 16.3. The van der Waals surface area contributed by atoms with E-state index in [1.165, 1.54) is 12.8 Å². The Morgan fingerprint density at radius 1 is 1.45 bits per heavy atom. The fraction of sp³-hybridized carbons (Fsp3) is 0.667. The molecule has 0 spiro atoms. The number of carbonyl (C=O) groups excluding carboxylic acids is 1. The van der Waals surface area contributed by atoms with Crippen molar-refractivity contribution in [1.29, 1.82) is 0 Å². The van der Waals surface area contributed by atoms with Crippen molar-refractivity contribution < 1.29 is 4.79 Å². The first-order valence-electron chi connectivity index (χ1n) is 7.78. The minimum Gasteiger partial charge on any atom is -0.354 e. The van der Waals surface area contributed by atoms with Gasteiger partial charge < -0.3 is 15.5 Å². The molecule has 1 amide bonds. The molecule has 0 saturated heterocycles. The van der Waals surface area contributed by atoms with Gasteiger partial charge in [0.05, 0.1) is 18.8 Å². The second-order valence-electron chi connectivity index (χ2n) is 5.91. The van der Waals surface area contributed by atoms with Crippen molar-refractivity contribution in [2.24, 2.45) is 12.0 Å². The van der Waals surface area contributed by atoms with Crippen molar-refractivity contribution >= 4 is 11.9 Å². The van der Waals surface area contributed by atoms with Crippen LogP contribution < -0.4 is 10.6 Å². The molecular formula is C15H26N6O. The highest BCUT2D eigenvalue weighted by molar-refractivity contribution is 5.86. The monoisotopic (exact) mass is 306 g/mol. The van der Waals surface area contributed by atoms with Gasteiger partial charge in [-0.3, -0.25) is 9.48 Å². The first-order chi connectivity index (χ1) is 10.5. The summed E-state index contributed by atoms with van der Waals surface area (Å²) < 4.78 is 1.76. The van der Waals surface area contributed by atoms with E-state index in [1.54, 1.807) is 23.7 Å². The summed E-state index contributed by atoms with van der Waals surface area (Å²) in [6, 6.07) is 2.39. The summed E-state index contributed by atoms with van der Waals surface area (Å²) >= 11 is 0. The summed E-state index contributed by atoms with van der Waals surface area (Å²) in [5.74, 6) is 0.714. The third-order valence-electron chi connectivity index (χ3n) is 3.77. The van der Waals surface area contributed by atoms with Crippen LogP contribution in [0.25, 0.3) is 0 Å². The SMILES string of the molecule is CN(C)C(=O)CNC(=NCc1ccn(C)n1)NC1CCCC1. The van der Waals surface area contributed by atoms with Gasteiger partial charge >= 0.3 is 0 Å². The van der Waals surface area contributed by atoms with Crippen LogP contribution in [0.2, 0.25) is 0 Å². The summed E-state index contributed by atoms with van der Waals surface area (Å²) in [5, 5.41) is 10.9. The molecule has 1 fully saturated rings. The molecule has 1 aliphatic carbocycles. The van der Waals surface area contributed by atoms with Crippen molar-refractivity contribution in [3.8, 4) is 0 Å². The van der Waals surface area contributed by atoms with E-state index >= 15 is 0 Å². The van der Waals surface area contributed by atoms with Crippen LogP contribution >= 0.6 is 0 Å². The molecule has 0 bridgehead atoms. The van der Waals surface area contributed by atoms with Gasteiger partial charge in [-0.25, -0.2) is 4.99 Å². The molecule has 22 heavy (non-hydrogen) atoms. The molecule has 0 radical (unpaired) electrons. The Morgan fingerprint density at radius 3 is 2.77 bits per heavy atom. The van der Waals surface area contributed by atoms with Gasteiger partial charge in [0.25, 0.3) is 0 Å². The van der Waals surface area contributed by atoms with E-state index in [1.807, 2.05) is 19.3 Å². The Balaban J connectivity index is 1.94. The minimum absolute atomic E-state index is 0.0266. The predicted molar refractivity (Wildman–Crippen MR) is 86.4 cm³/mol. The zero-order chi connectivity index (χ0) is 15.9. The Bertz CT molecular complexity index is 516. The van der Waals surface area contributed by atoms with Crippen LogP contribution in [0, 0.1) is 0 Å². The summed E-state index contributed by atoms with van der Waals surface area (Å²) in [7, 11) is 5.39. The number of guanidine groups is 1. The summed E-state index contributed by atoms with van der Waals surface area (Å²) in [5.41, 5.74) is 0.911. The van der Waals surface area contributed by atoms with Crippen molar-refractivity contribution in [3.63, 3.8) is 0 Å². The number of nitrogens with zero attached hydrogens (tertiary/aromatic N) is 4. The second kappa shape index (κ2) is 7.82. The number of rotatable bonds is 5. The van der Waals surface area contributed by atoms with Gasteiger partial charge in [0, 0.05) is 33.4 Å². The van der Waals surface area contributed by atoms with Crippen LogP contribution in [-0.4, -0.2) is 53.2 Å². The zero-order valence-electron chi connectivity index (χ0n) is 13.7. The number of aliphatic imine (C=N–C) groups is 1. The Kier molecular flexibility index (Phi) is 5.80. The largest absolute Gasteiger partial charge is 0.354 e. The van der Waals surface area contributed by atoms with Crippen molar-refractivity contribution in [2.75, 3.05) is 20.6 Å². The van der Waals surface area contributed by atoms with Crippen molar-refractivity contribution in [3.05, 3.63) is 18.0 Å². The molecule has 2 N–H and O–H groups in total. The standard InChI is InChI=1S/C15H26N6O/c1-20(2)14(22)11-17-15(18-12-6-4-5-7-12)16-10-13-8-9-21(3)19-13/h8-9,12H,4-7,10-11H2,1-3H3,(H2,16,17,18). The number of hydrogen-bond acceptors (Lipinski definition) is 3. The molecular weight excluding hydrogens is 280 g/mol. The molecule has 7 nitrogen and oxygen atoms in total. The Morgan fingerprint density at radius 2 is 2.18 bits per heavy atom. The molecule has 0 atom stereocenters. The first-order valence-corrected chi connectivity index (χ1v) is 7.78. The number of aryl methyl sites for hydroxylation is 1. The normalized spacial score (nSPS) is 15.9. The summed E-state index contributed by atoms with van der Waals surface area (Å²) in [6.45, 7) is 0.743. The summed E-state index contributed by atoms with van der Waals surface area (Å²) in [6.07, 6.45) is 6.72. The van der Waals surface area contributed by atoms with Crippen molar-refractivity contribution in [1.82, 2.24) is 25.3 Å². The quantitative estimate of drug-likeness (QED) is 0.613. The summed E-state index contributed by atoms with van der Waals surface area (Å²) in [4.78, 5) is 17.8. The van der Waals surface area contributed by atoms with Gasteiger partial charge in [-0.15, -0.1) is 0 Å². The lowest BCUT2D eigenvalue weighted by Gasteiger charge is -2.18. The molecule has 1 heterocycles. The number of nitrogens with one attached hydrogen (secondary N) is 2. The lowest BCUT2D eigenvalue weighted by atomic mass is 10.2. The second-order valence-corrected chi connectivity index (χ2v) is 5.91. The maximum absolute atomic E-state index is 11.7. The third kappa shape index (κ3) is 5.05. The third-order valence-corrected chi connectivity index (χ3v) is 3.77. The molecule has 1 aromatic rings. The van der Waals surface area contributed by atoms with Gasteiger partial charge in [0.2, 0.25) is 5.91 Å². The number of likely N-dealkylation sites (N-methyl/N-ethyl adjacent to an activating group) is 1. The average Bonchev–Trinajstić information content (AvgIpc) is 3.13. The molecule has 0 unspecified atom stereocenters.